The van der Waals surface area contributed by atoms with E-state index >= 15 is 0 Å². The first-order valence-electron chi connectivity index (χ1n) is 10.8. The molecular formula is C22H24N6O5. The standard InChI is InChI=1S/C22H24N6O5/c1-14-10-18(26-33-14)22(30)28-8-6-27(7-9-28)5-4-23-21(29)17-12-16(24-25-17)15-2-3-19-20(11-15)32-13-31-19/h2-3,10-12H,4-9,13H2,1H3,(H,23,29)(H,24,25). The first-order valence-corrected chi connectivity index (χ1v) is 10.8. The summed E-state index contributed by atoms with van der Waals surface area (Å²) in [5.41, 5.74) is 2.22. The highest BCUT2D eigenvalue weighted by atomic mass is 16.7. The third-order valence-corrected chi connectivity index (χ3v) is 5.71. The van der Waals surface area contributed by atoms with Gasteiger partial charge in [-0.2, -0.15) is 5.10 Å². The molecule has 1 fully saturated rings. The van der Waals surface area contributed by atoms with Gasteiger partial charge in [-0.3, -0.25) is 19.6 Å². The maximum atomic E-state index is 12.5. The van der Waals surface area contributed by atoms with Crippen LogP contribution in [0.5, 0.6) is 11.5 Å². The zero-order chi connectivity index (χ0) is 22.8. The molecule has 0 saturated carbocycles. The van der Waals surface area contributed by atoms with Crippen molar-refractivity contribution >= 4 is 11.8 Å². The van der Waals surface area contributed by atoms with E-state index in [2.05, 4.69) is 25.6 Å². The minimum atomic E-state index is -0.218. The van der Waals surface area contributed by atoms with Crippen LogP contribution >= 0.6 is 0 Å². The van der Waals surface area contributed by atoms with Crippen molar-refractivity contribution in [3.05, 3.63) is 47.5 Å². The van der Waals surface area contributed by atoms with Gasteiger partial charge in [0, 0.05) is 50.9 Å². The molecule has 11 nitrogen and oxygen atoms in total. The number of amides is 2. The van der Waals surface area contributed by atoms with Crippen molar-refractivity contribution in [2.75, 3.05) is 46.1 Å². The molecule has 2 aromatic heterocycles. The molecule has 5 rings (SSSR count). The van der Waals surface area contributed by atoms with Crippen molar-refractivity contribution < 1.29 is 23.6 Å². The van der Waals surface area contributed by atoms with Gasteiger partial charge >= 0.3 is 0 Å². The van der Waals surface area contributed by atoms with Gasteiger partial charge in [0.2, 0.25) is 6.79 Å². The van der Waals surface area contributed by atoms with E-state index in [1.165, 1.54) is 0 Å². The molecule has 0 aliphatic carbocycles. The number of nitrogens with one attached hydrogen (secondary N) is 2. The van der Waals surface area contributed by atoms with Crippen molar-refractivity contribution in [2.45, 2.75) is 6.92 Å². The van der Waals surface area contributed by atoms with Crippen molar-refractivity contribution in [1.29, 1.82) is 0 Å². The molecule has 2 amide bonds. The number of aryl methyl sites for hydroxylation is 1. The Hall–Kier alpha value is -3.86. The monoisotopic (exact) mass is 452 g/mol. The van der Waals surface area contributed by atoms with E-state index in [-0.39, 0.29) is 18.6 Å². The lowest BCUT2D eigenvalue weighted by Gasteiger charge is -2.34. The summed E-state index contributed by atoms with van der Waals surface area (Å²) in [5.74, 6) is 1.65. The van der Waals surface area contributed by atoms with Gasteiger partial charge in [0.1, 0.15) is 11.5 Å². The summed E-state index contributed by atoms with van der Waals surface area (Å²) >= 11 is 0. The second-order valence-electron chi connectivity index (χ2n) is 7.95. The fraction of sp³-hybridized carbons (Fsp3) is 0.364. The third kappa shape index (κ3) is 4.53. The normalized spacial score (nSPS) is 15.6. The molecule has 0 radical (unpaired) electrons. The van der Waals surface area contributed by atoms with Crippen molar-refractivity contribution in [2.24, 2.45) is 0 Å². The number of hydrogen-bond donors (Lipinski definition) is 2. The highest BCUT2D eigenvalue weighted by Crippen LogP contribution is 2.35. The average Bonchev–Trinajstić information content (AvgIpc) is 3.59. The lowest BCUT2D eigenvalue weighted by atomic mass is 10.1. The van der Waals surface area contributed by atoms with E-state index in [0.717, 1.165) is 18.7 Å². The lowest BCUT2D eigenvalue weighted by molar-refractivity contribution is 0.0628. The maximum absolute atomic E-state index is 12.5. The van der Waals surface area contributed by atoms with Crippen LogP contribution in [0.15, 0.2) is 34.9 Å². The molecule has 0 bridgehead atoms. The molecule has 0 atom stereocenters. The van der Waals surface area contributed by atoms with Crippen LogP contribution < -0.4 is 14.8 Å². The summed E-state index contributed by atoms with van der Waals surface area (Å²) in [6.07, 6.45) is 0. The van der Waals surface area contributed by atoms with Crippen LogP contribution in [-0.2, 0) is 0 Å². The number of piperazine rings is 1. The summed E-state index contributed by atoms with van der Waals surface area (Å²) < 4.78 is 15.7. The van der Waals surface area contributed by atoms with Crippen molar-refractivity contribution in [3.8, 4) is 22.8 Å². The van der Waals surface area contributed by atoms with Gasteiger partial charge < -0.3 is 24.2 Å². The van der Waals surface area contributed by atoms with Gasteiger partial charge in [-0.1, -0.05) is 5.16 Å². The molecule has 2 N–H and O–H groups in total. The second-order valence-corrected chi connectivity index (χ2v) is 7.95. The topological polar surface area (TPSA) is 126 Å². The predicted molar refractivity (Wildman–Crippen MR) is 116 cm³/mol. The SMILES string of the molecule is Cc1cc(C(=O)N2CCN(CCNC(=O)c3cc(-c4ccc5c(c4)OCO5)n[nH]3)CC2)no1. The second kappa shape index (κ2) is 8.94. The molecule has 3 aromatic rings. The first kappa shape index (κ1) is 21.0. The number of H-pyrrole nitrogens is 1. The van der Waals surface area contributed by atoms with E-state index < -0.39 is 0 Å². The predicted octanol–water partition coefficient (Wildman–Crippen LogP) is 1.29. The molecular weight excluding hydrogens is 428 g/mol. The first-order chi connectivity index (χ1) is 16.1. The molecule has 1 saturated heterocycles. The highest BCUT2D eigenvalue weighted by Gasteiger charge is 2.24. The molecule has 172 valence electrons. The Morgan fingerprint density at radius 2 is 1.91 bits per heavy atom. The quantitative estimate of drug-likeness (QED) is 0.573. The van der Waals surface area contributed by atoms with Gasteiger partial charge in [0.15, 0.2) is 17.2 Å². The lowest BCUT2D eigenvalue weighted by Crippen LogP contribution is -2.50. The summed E-state index contributed by atoms with van der Waals surface area (Å²) in [6, 6.07) is 8.90. The minimum absolute atomic E-state index is 0.114. The Morgan fingerprint density at radius 1 is 1.09 bits per heavy atom. The molecule has 11 heteroatoms. The van der Waals surface area contributed by atoms with Crippen LogP contribution in [0.3, 0.4) is 0 Å². The summed E-state index contributed by atoms with van der Waals surface area (Å²) in [7, 11) is 0. The van der Waals surface area contributed by atoms with Crippen molar-refractivity contribution in [1.82, 2.24) is 30.5 Å². The molecule has 33 heavy (non-hydrogen) atoms. The van der Waals surface area contributed by atoms with Crippen molar-refractivity contribution in [3.63, 3.8) is 0 Å². The van der Waals surface area contributed by atoms with Crippen LogP contribution in [0.2, 0.25) is 0 Å². The number of nitrogens with zero attached hydrogens (tertiary/aromatic N) is 4. The van der Waals surface area contributed by atoms with E-state index in [1.54, 1.807) is 24.0 Å². The van der Waals surface area contributed by atoms with Gasteiger partial charge in [-0.05, 0) is 31.2 Å². The third-order valence-electron chi connectivity index (χ3n) is 5.71. The number of aromatic nitrogens is 3. The Bertz CT molecular complexity index is 1160. The number of carbonyl (C=O) groups is 2. The summed E-state index contributed by atoms with van der Waals surface area (Å²) in [6.45, 7) is 5.84. The molecule has 0 spiro atoms. The van der Waals surface area contributed by atoms with Crippen LogP contribution in [-0.4, -0.2) is 83.0 Å². The number of benzene rings is 1. The number of hydrogen-bond acceptors (Lipinski definition) is 8. The zero-order valence-corrected chi connectivity index (χ0v) is 18.2. The molecule has 2 aliphatic heterocycles. The number of ether oxygens (including phenoxy) is 2. The largest absolute Gasteiger partial charge is 0.454 e. The Balaban J connectivity index is 1.08. The minimum Gasteiger partial charge on any atom is -0.454 e. The number of rotatable bonds is 6. The average molecular weight is 452 g/mol. The Morgan fingerprint density at radius 3 is 2.70 bits per heavy atom. The van der Waals surface area contributed by atoms with Crippen LogP contribution in [0.4, 0.5) is 0 Å². The zero-order valence-electron chi connectivity index (χ0n) is 18.2. The van der Waals surface area contributed by atoms with Gasteiger partial charge in [0.25, 0.3) is 11.8 Å². The number of fused-ring (bicyclic) bond motifs is 1. The summed E-state index contributed by atoms with van der Waals surface area (Å²) in [4.78, 5) is 28.9. The van der Waals surface area contributed by atoms with Crippen LogP contribution in [0.1, 0.15) is 26.7 Å². The Kier molecular flexibility index (Phi) is 5.69. The Labute approximate surface area is 189 Å². The van der Waals surface area contributed by atoms with Crippen LogP contribution in [0, 0.1) is 6.92 Å². The van der Waals surface area contributed by atoms with Gasteiger partial charge in [-0.15, -0.1) is 0 Å². The maximum Gasteiger partial charge on any atom is 0.276 e. The number of carbonyl (C=O) groups excluding carboxylic acids is 2. The fourth-order valence-electron chi connectivity index (χ4n) is 3.87. The molecule has 2 aliphatic rings. The van der Waals surface area contributed by atoms with E-state index in [1.807, 2.05) is 18.2 Å². The van der Waals surface area contributed by atoms with Gasteiger partial charge in [-0.25, -0.2) is 0 Å². The molecule has 1 aromatic carbocycles. The highest BCUT2D eigenvalue weighted by molar-refractivity contribution is 5.93. The van der Waals surface area contributed by atoms with Crippen LogP contribution in [0.25, 0.3) is 11.3 Å². The smallest absolute Gasteiger partial charge is 0.276 e. The number of aromatic amines is 1. The van der Waals surface area contributed by atoms with Gasteiger partial charge in [0.05, 0.1) is 5.69 Å². The summed E-state index contributed by atoms with van der Waals surface area (Å²) in [5, 5.41) is 13.7. The van der Waals surface area contributed by atoms with E-state index in [9.17, 15) is 9.59 Å². The van der Waals surface area contributed by atoms with E-state index in [0.29, 0.717) is 60.5 Å². The molecule has 0 unspecified atom stereocenters. The molecule has 4 heterocycles. The fourth-order valence-corrected chi connectivity index (χ4v) is 3.87. The van der Waals surface area contributed by atoms with E-state index in [4.69, 9.17) is 14.0 Å².